The van der Waals surface area contributed by atoms with Gasteiger partial charge in [-0.15, -0.1) is 0 Å². The summed E-state index contributed by atoms with van der Waals surface area (Å²) in [6.45, 7) is 0.246. The Morgan fingerprint density at radius 3 is 2.91 bits per heavy atom. The highest BCUT2D eigenvalue weighted by Gasteiger charge is 2.17. The first-order valence-electron chi connectivity index (χ1n) is 7.05. The fourth-order valence-corrected chi connectivity index (χ4v) is 3.34. The third kappa shape index (κ3) is 3.09. The summed E-state index contributed by atoms with van der Waals surface area (Å²) in [5.74, 6) is 0. The lowest BCUT2D eigenvalue weighted by Crippen LogP contribution is -2.33. The second-order valence-electron chi connectivity index (χ2n) is 5.14. The first-order chi connectivity index (χ1) is 10.6. The maximum Gasteiger partial charge on any atom is 0.267 e. The first-order valence-corrected chi connectivity index (χ1v) is 8.53. The summed E-state index contributed by atoms with van der Waals surface area (Å²) in [7, 11) is -3.67. The molecule has 118 valence electrons. The molecule has 0 amide bonds. The van der Waals surface area contributed by atoms with Crippen LogP contribution in [0.3, 0.4) is 0 Å². The van der Waals surface area contributed by atoms with Gasteiger partial charge in [0.1, 0.15) is 11.2 Å². The molecule has 0 fully saturated rings. The van der Waals surface area contributed by atoms with Crippen molar-refractivity contribution in [1.82, 2.24) is 19.7 Å². The van der Waals surface area contributed by atoms with E-state index >= 15 is 0 Å². The molecule has 0 bridgehead atoms. The number of nitrogens with zero attached hydrogens (tertiary/aromatic N) is 3. The van der Waals surface area contributed by atoms with Crippen LogP contribution in [0.25, 0.3) is 0 Å². The minimum absolute atomic E-state index is 0.0433. The van der Waals surface area contributed by atoms with Crippen molar-refractivity contribution in [2.45, 2.75) is 37.1 Å². The maximum atomic E-state index is 12.0. The molecule has 0 saturated heterocycles. The van der Waals surface area contributed by atoms with E-state index in [1.54, 1.807) is 6.07 Å². The van der Waals surface area contributed by atoms with Crippen LogP contribution in [0.15, 0.2) is 32.7 Å². The molecular formula is C13H16N4O4S. The van der Waals surface area contributed by atoms with E-state index in [1.165, 1.54) is 4.68 Å². The predicted molar refractivity (Wildman–Crippen MR) is 76.8 cm³/mol. The van der Waals surface area contributed by atoms with Crippen molar-refractivity contribution in [3.8, 4) is 0 Å². The number of aryl methyl sites for hydroxylation is 2. The number of aromatic nitrogens is 3. The van der Waals surface area contributed by atoms with E-state index in [1.807, 2.05) is 0 Å². The van der Waals surface area contributed by atoms with Crippen LogP contribution in [0.5, 0.6) is 0 Å². The number of hydrogen-bond donors (Lipinski definition) is 1. The van der Waals surface area contributed by atoms with Gasteiger partial charge in [0.25, 0.3) is 5.56 Å². The topological polar surface area (TPSA) is 107 Å². The van der Waals surface area contributed by atoms with Gasteiger partial charge in [-0.3, -0.25) is 4.79 Å². The first kappa shape index (κ1) is 14.9. The highest BCUT2D eigenvalue weighted by atomic mass is 32.2. The third-order valence-electron chi connectivity index (χ3n) is 3.61. The van der Waals surface area contributed by atoms with Gasteiger partial charge in [-0.2, -0.15) is 5.10 Å². The lowest BCUT2D eigenvalue weighted by molar-refractivity contribution is 0.417. The summed E-state index contributed by atoms with van der Waals surface area (Å²) in [6, 6.07) is 1.61. The molecule has 22 heavy (non-hydrogen) atoms. The van der Waals surface area contributed by atoms with Gasteiger partial charge in [0.2, 0.25) is 10.0 Å². The summed E-state index contributed by atoms with van der Waals surface area (Å²) in [4.78, 5) is 11.9. The predicted octanol–water partition coefficient (Wildman–Crippen LogP) is 0.0886. The summed E-state index contributed by atoms with van der Waals surface area (Å²) in [5.41, 5.74) is 1.75. The summed E-state index contributed by atoms with van der Waals surface area (Å²) >= 11 is 0. The van der Waals surface area contributed by atoms with Crippen LogP contribution in [-0.2, 0) is 29.4 Å². The Bertz CT molecular complexity index is 811. The molecule has 8 nitrogen and oxygen atoms in total. The van der Waals surface area contributed by atoms with Crippen LogP contribution >= 0.6 is 0 Å². The lowest BCUT2D eigenvalue weighted by Gasteiger charge is -2.15. The summed E-state index contributed by atoms with van der Waals surface area (Å²) in [5, 5.41) is 7.69. The average Bonchev–Trinajstić information content (AvgIpc) is 3.03. The fraction of sp³-hybridized carbons (Fsp3) is 0.462. The minimum atomic E-state index is -3.67. The summed E-state index contributed by atoms with van der Waals surface area (Å²) in [6.07, 6.45) is 6.06. The molecule has 0 spiro atoms. The molecular weight excluding hydrogens is 308 g/mol. The molecule has 2 aromatic rings. The Balaban J connectivity index is 1.68. The number of sulfonamides is 1. The SMILES string of the molecule is O=c1cc2c(nn1CCNS(=O)(=O)c1cnoc1)CCCC2. The van der Waals surface area contributed by atoms with E-state index in [-0.39, 0.29) is 23.5 Å². The van der Waals surface area contributed by atoms with Gasteiger partial charge in [-0.25, -0.2) is 17.8 Å². The van der Waals surface area contributed by atoms with Gasteiger partial charge in [0.05, 0.1) is 18.4 Å². The second kappa shape index (κ2) is 6.01. The molecule has 1 aliphatic carbocycles. The van der Waals surface area contributed by atoms with Crippen molar-refractivity contribution in [1.29, 1.82) is 0 Å². The molecule has 2 aromatic heterocycles. The third-order valence-corrected chi connectivity index (χ3v) is 5.02. The number of rotatable bonds is 5. The van der Waals surface area contributed by atoms with Gasteiger partial charge >= 0.3 is 0 Å². The van der Waals surface area contributed by atoms with Crippen LogP contribution < -0.4 is 10.3 Å². The standard InChI is InChI=1S/C13H16N4O4S/c18-13-7-10-3-1-2-4-12(10)16-17(13)6-5-15-22(19,20)11-8-14-21-9-11/h7-9,15H,1-6H2. The highest BCUT2D eigenvalue weighted by Crippen LogP contribution is 2.16. The van der Waals surface area contributed by atoms with E-state index in [0.717, 1.165) is 49.4 Å². The van der Waals surface area contributed by atoms with Gasteiger partial charge < -0.3 is 4.52 Å². The molecule has 9 heteroatoms. The molecule has 0 aliphatic heterocycles. The second-order valence-corrected chi connectivity index (χ2v) is 6.91. The van der Waals surface area contributed by atoms with Crippen molar-refractivity contribution >= 4 is 10.0 Å². The molecule has 0 aromatic carbocycles. The highest BCUT2D eigenvalue weighted by molar-refractivity contribution is 7.89. The molecule has 1 N–H and O–H groups in total. The van der Waals surface area contributed by atoms with Crippen molar-refractivity contribution < 1.29 is 12.9 Å². The van der Waals surface area contributed by atoms with E-state index in [0.29, 0.717) is 0 Å². The fourth-order valence-electron chi connectivity index (χ4n) is 2.46. The zero-order chi connectivity index (χ0) is 15.6. The van der Waals surface area contributed by atoms with Gasteiger partial charge in [-0.1, -0.05) is 5.16 Å². The minimum Gasteiger partial charge on any atom is -0.363 e. The largest absolute Gasteiger partial charge is 0.363 e. The molecule has 1 aliphatic rings. The zero-order valence-electron chi connectivity index (χ0n) is 11.9. The van der Waals surface area contributed by atoms with Crippen LogP contribution in [0.4, 0.5) is 0 Å². The van der Waals surface area contributed by atoms with Crippen LogP contribution in [0.1, 0.15) is 24.1 Å². The van der Waals surface area contributed by atoms with Crippen LogP contribution in [0.2, 0.25) is 0 Å². The zero-order valence-corrected chi connectivity index (χ0v) is 12.7. The van der Waals surface area contributed by atoms with Gasteiger partial charge in [0.15, 0.2) is 0 Å². The van der Waals surface area contributed by atoms with Gasteiger partial charge in [0, 0.05) is 12.6 Å². The molecule has 0 unspecified atom stereocenters. The molecule has 3 rings (SSSR count). The van der Waals surface area contributed by atoms with Gasteiger partial charge in [-0.05, 0) is 31.2 Å². The van der Waals surface area contributed by atoms with E-state index < -0.39 is 10.0 Å². The quantitative estimate of drug-likeness (QED) is 0.835. The average molecular weight is 324 g/mol. The van der Waals surface area contributed by atoms with E-state index in [9.17, 15) is 13.2 Å². The van der Waals surface area contributed by atoms with Crippen molar-refractivity contribution in [2.24, 2.45) is 0 Å². The Kier molecular flexibility index (Phi) is 4.08. The number of fused-ring (bicyclic) bond motifs is 1. The van der Waals surface area contributed by atoms with E-state index in [2.05, 4.69) is 19.5 Å². The normalized spacial score (nSPS) is 14.7. The monoisotopic (exact) mass is 324 g/mol. The maximum absolute atomic E-state index is 12.0. The molecule has 0 radical (unpaired) electrons. The molecule has 2 heterocycles. The van der Waals surface area contributed by atoms with Crippen LogP contribution in [-0.4, -0.2) is 29.9 Å². The molecule has 0 atom stereocenters. The summed E-state index contributed by atoms with van der Waals surface area (Å²) < 4.78 is 32.0. The Labute approximate surface area is 127 Å². The number of nitrogens with one attached hydrogen (secondary N) is 1. The van der Waals surface area contributed by atoms with Crippen LogP contribution in [0, 0.1) is 0 Å². The Hall–Kier alpha value is -2.00. The Morgan fingerprint density at radius 1 is 1.32 bits per heavy atom. The van der Waals surface area contributed by atoms with E-state index in [4.69, 9.17) is 0 Å². The van der Waals surface area contributed by atoms with Crippen molar-refractivity contribution in [3.63, 3.8) is 0 Å². The van der Waals surface area contributed by atoms with Crippen molar-refractivity contribution in [2.75, 3.05) is 6.54 Å². The smallest absolute Gasteiger partial charge is 0.267 e. The molecule has 0 saturated carbocycles. The lowest BCUT2D eigenvalue weighted by atomic mass is 9.97. The Morgan fingerprint density at radius 2 is 2.14 bits per heavy atom. The van der Waals surface area contributed by atoms with Crippen molar-refractivity contribution in [3.05, 3.63) is 40.1 Å². The number of hydrogen-bond acceptors (Lipinski definition) is 6.